The molecule has 4 rings (SSSR count). The van der Waals surface area contributed by atoms with E-state index in [9.17, 15) is 8.42 Å². The van der Waals surface area contributed by atoms with E-state index < -0.39 is 10.0 Å². The Labute approximate surface area is 186 Å². The lowest BCUT2D eigenvalue weighted by Gasteiger charge is -2.28. The molecule has 0 aliphatic carbocycles. The fraction of sp³-hybridized carbons (Fsp3) is 0.238. The summed E-state index contributed by atoms with van der Waals surface area (Å²) < 4.78 is 33.6. The smallest absolute Gasteiger partial charge is 0.238 e. The van der Waals surface area contributed by atoms with Gasteiger partial charge in [0.15, 0.2) is 0 Å². The molecule has 32 heavy (non-hydrogen) atoms. The van der Waals surface area contributed by atoms with Gasteiger partial charge in [-0.15, -0.1) is 0 Å². The Kier molecular flexibility index (Phi) is 6.40. The number of hydrogen-bond donors (Lipinski definition) is 3. The molecule has 1 aliphatic heterocycles. The van der Waals surface area contributed by atoms with Crippen LogP contribution in [0.25, 0.3) is 0 Å². The van der Waals surface area contributed by atoms with Gasteiger partial charge in [0, 0.05) is 30.5 Å². The molecule has 0 saturated carbocycles. The van der Waals surface area contributed by atoms with Gasteiger partial charge in [0.25, 0.3) is 0 Å². The predicted molar refractivity (Wildman–Crippen MR) is 122 cm³/mol. The van der Waals surface area contributed by atoms with Gasteiger partial charge in [-0.2, -0.15) is 9.97 Å². The molecule has 10 nitrogen and oxygen atoms in total. The van der Waals surface area contributed by atoms with Crippen molar-refractivity contribution in [3.63, 3.8) is 0 Å². The molecule has 0 spiro atoms. The maximum atomic E-state index is 11.5. The first-order valence-electron chi connectivity index (χ1n) is 9.93. The van der Waals surface area contributed by atoms with E-state index in [4.69, 9.17) is 14.6 Å². The van der Waals surface area contributed by atoms with Crippen molar-refractivity contribution < 1.29 is 17.9 Å². The fourth-order valence-electron chi connectivity index (χ4n) is 3.19. The van der Waals surface area contributed by atoms with Crippen molar-refractivity contribution in [3.8, 4) is 5.75 Å². The highest BCUT2D eigenvalue weighted by Gasteiger charge is 2.16. The van der Waals surface area contributed by atoms with Crippen molar-refractivity contribution in [2.45, 2.75) is 4.90 Å². The molecule has 0 radical (unpaired) electrons. The van der Waals surface area contributed by atoms with Crippen molar-refractivity contribution >= 4 is 39.0 Å². The van der Waals surface area contributed by atoms with Crippen molar-refractivity contribution in [1.29, 1.82) is 0 Å². The lowest BCUT2D eigenvalue weighted by atomic mass is 10.3. The highest BCUT2D eigenvalue weighted by molar-refractivity contribution is 7.89. The zero-order valence-corrected chi connectivity index (χ0v) is 18.3. The van der Waals surface area contributed by atoms with Crippen LogP contribution in [0.5, 0.6) is 5.75 Å². The van der Waals surface area contributed by atoms with E-state index >= 15 is 0 Å². The summed E-state index contributed by atoms with van der Waals surface area (Å²) in [4.78, 5) is 11.4. The molecule has 1 fully saturated rings. The average molecular weight is 457 g/mol. The van der Waals surface area contributed by atoms with Gasteiger partial charge in [0.1, 0.15) is 17.4 Å². The quantitative estimate of drug-likeness (QED) is 0.490. The van der Waals surface area contributed by atoms with Crippen LogP contribution in [0.3, 0.4) is 0 Å². The summed E-state index contributed by atoms with van der Waals surface area (Å²) in [5.41, 5.74) is 1.48. The molecule has 2 aromatic carbocycles. The Bertz CT molecular complexity index is 1160. The van der Waals surface area contributed by atoms with Crippen LogP contribution in [0.15, 0.2) is 59.5 Å². The molecule has 0 unspecified atom stereocenters. The zero-order chi connectivity index (χ0) is 22.6. The molecular weight excluding hydrogens is 432 g/mol. The van der Waals surface area contributed by atoms with Crippen LogP contribution in [-0.2, 0) is 14.8 Å². The molecule has 4 N–H and O–H groups in total. The summed E-state index contributed by atoms with van der Waals surface area (Å²) in [6, 6.07) is 15.4. The van der Waals surface area contributed by atoms with E-state index in [-0.39, 0.29) is 4.90 Å². The second-order valence-electron chi connectivity index (χ2n) is 7.08. The first-order valence-corrected chi connectivity index (χ1v) is 11.5. The van der Waals surface area contributed by atoms with Gasteiger partial charge in [-0.25, -0.2) is 13.6 Å². The van der Waals surface area contributed by atoms with Crippen LogP contribution in [0, 0.1) is 0 Å². The number of hydrogen-bond acceptors (Lipinski definition) is 9. The van der Waals surface area contributed by atoms with E-state index in [0.29, 0.717) is 30.7 Å². The summed E-state index contributed by atoms with van der Waals surface area (Å²) in [5.74, 6) is 2.48. The number of anilines is 5. The Morgan fingerprint density at radius 3 is 2.22 bits per heavy atom. The number of rotatable bonds is 7. The number of nitrogens with zero attached hydrogens (tertiary/aromatic N) is 3. The fourth-order valence-corrected chi connectivity index (χ4v) is 3.70. The maximum absolute atomic E-state index is 11.5. The SMILES string of the molecule is COc1ccc(Nc2nc(Nc3ccc(S(N)(=O)=O)cc3)cc(N3CCOCC3)n2)cc1. The second kappa shape index (κ2) is 9.39. The van der Waals surface area contributed by atoms with E-state index in [1.807, 2.05) is 30.3 Å². The average Bonchev–Trinajstić information content (AvgIpc) is 2.80. The molecular formula is C21H24N6O4S. The van der Waals surface area contributed by atoms with E-state index in [1.54, 1.807) is 19.2 Å². The minimum Gasteiger partial charge on any atom is -0.497 e. The molecule has 1 saturated heterocycles. The number of morpholine rings is 1. The maximum Gasteiger partial charge on any atom is 0.238 e. The Morgan fingerprint density at radius 1 is 0.969 bits per heavy atom. The zero-order valence-electron chi connectivity index (χ0n) is 17.5. The minimum atomic E-state index is -3.75. The van der Waals surface area contributed by atoms with Crippen LogP contribution in [0.2, 0.25) is 0 Å². The number of nitrogens with two attached hydrogens (primary N) is 1. The number of nitrogens with one attached hydrogen (secondary N) is 2. The summed E-state index contributed by atoms with van der Waals surface area (Å²) in [7, 11) is -2.14. The lowest BCUT2D eigenvalue weighted by Crippen LogP contribution is -2.36. The first kappa shape index (κ1) is 21.8. The van der Waals surface area contributed by atoms with Crippen LogP contribution >= 0.6 is 0 Å². The van der Waals surface area contributed by atoms with Crippen molar-refractivity contribution in [1.82, 2.24) is 9.97 Å². The Hall–Kier alpha value is -3.41. The third kappa shape index (κ3) is 5.44. The normalized spacial score (nSPS) is 14.1. The Balaban J connectivity index is 1.61. The summed E-state index contributed by atoms with van der Waals surface area (Å²) in [5, 5.41) is 11.6. The monoisotopic (exact) mass is 456 g/mol. The van der Waals surface area contributed by atoms with Gasteiger partial charge in [-0.3, -0.25) is 0 Å². The highest BCUT2D eigenvalue weighted by atomic mass is 32.2. The van der Waals surface area contributed by atoms with Crippen LogP contribution < -0.4 is 25.4 Å². The standard InChI is InChI=1S/C21H24N6O4S/c1-30-17-6-2-16(3-7-17)24-21-25-19(14-20(26-21)27-10-12-31-13-11-27)23-15-4-8-18(9-5-15)32(22,28)29/h2-9,14H,10-13H2,1H3,(H2,22,28,29)(H2,23,24,25,26). The molecule has 168 valence electrons. The molecule has 3 aromatic rings. The number of ether oxygens (including phenoxy) is 2. The van der Waals surface area contributed by atoms with Crippen molar-refractivity contribution in [3.05, 3.63) is 54.6 Å². The van der Waals surface area contributed by atoms with Gasteiger partial charge in [0.05, 0.1) is 25.2 Å². The minimum absolute atomic E-state index is 0.0432. The summed E-state index contributed by atoms with van der Waals surface area (Å²) in [6.45, 7) is 2.70. The van der Waals surface area contributed by atoms with Gasteiger partial charge < -0.3 is 25.0 Å². The largest absolute Gasteiger partial charge is 0.497 e. The molecule has 0 amide bonds. The topological polar surface area (TPSA) is 132 Å². The van der Waals surface area contributed by atoms with Gasteiger partial charge in [-0.05, 0) is 48.5 Å². The molecule has 11 heteroatoms. The molecule has 2 heterocycles. The summed E-state index contributed by atoms with van der Waals surface area (Å²) >= 11 is 0. The second-order valence-corrected chi connectivity index (χ2v) is 8.64. The number of methoxy groups -OCH3 is 1. The third-order valence-electron chi connectivity index (χ3n) is 4.85. The summed E-state index contributed by atoms with van der Waals surface area (Å²) in [6.07, 6.45) is 0. The Morgan fingerprint density at radius 2 is 1.59 bits per heavy atom. The number of primary sulfonamides is 1. The molecule has 1 aliphatic rings. The molecule has 0 bridgehead atoms. The molecule has 0 atom stereocenters. The van der Waals surface area contributed by atoms with E-state index in [2.05, 4.69) is 25.5 Å². The number of benzene rings is 2. The van der Waals surface area contributed by atoms with Gasteiger partial charge >= 0.3 is 0 Å². The third-order valence-corrected chi connectivity index (χ3v) is 5.78. The van der Waals surface area contributed by atoms with Crippen LogP contribution in [0.4, 0.5) is 29.0 Å². The van der Waals surface area contributed by atoms with Gasteiger partial charge in [-0.1, -0.05) is 0 Å². The van der Waals surface area contributed by atoms with Crippen LogP contribution in [0.1, 0.15) is 0 Å². The number of sulfonamides is 1. The van der Waals surface area contributed by atoms with Crippen molar-refractivity contribution in [2.24, 2.45) is 5.14 Å². The molecule has 1 aromatic heterocycles. The lowest BCUT2D eigenvalue weighted by molar-refractivity contribution is 0.122. The first-order chi connectivity index (χ1) is 15.4. The predicted octanol–water partition coefficient (Wildman–Crippen LogP) is 2.46. The number of aromatic nitrogens is 2. The highest BCUT2D eigenvalue weighted by Crippen LogP contribution is 2.25. The van der Waals surface area contributed by atoms with E-state index in [0.717, 1.165) is 30.3 Å². The van der Waals surface area contributed by atoms with Crippen LogP contribution in [-0.4, -0.2) is 51.8 Å². The van der Waals surface area contributed by atoms with Crippen molar-refractivity contribution in [2.75, 3.05) is 48.9 Å². The van der Waals surface area contributed by atoms with Gasteiger partial charge in [0.2, 0.25) is 16.0 Å². The van der Waals surface area contributed by atoms with E-state index in [1.165, 1.54) is 12.1 Å².